The molecule has 0 aliphatic carbocycles. The number of nitrogens with zero attached hydrogens (tertiary/aromatic N) is 1. The monoisotopic (exact) mass is 449 g/mol. The van der Waals surface area contributed by atoms with Crippen molar-refractivity contribution in [3.8, 4) is 23.0 Å². The smallest absolute Gasteiger partial charge is 0.306 e. The molecule has 0 radical (unpaired) electrons. The van der Waals surface area contributed by atoms with Crippen molar-refractivity contribution in [2.24, 2.45) is 0 Å². The molecule has 0 saturated heterocycles. The van der Waals surface area contributed by atoms with Gasteiger partial charge in [-0.1, -0.05) is 23.7 Å². The first-order valence-electron chi connectivity index (χ1n) is 10.4. The second kappa shape index (κ2) is 9.05. The average Bonchev–Trinajstić information content (AvgIpc) is 3.16. The molecule has 0 saturated carbocycles. The summed E-state index contributed by atoms with van der Waals surface area (Å²) in [5, 5.41) is 0.656. The second-order valence-electron chi connectivity index (χ2n) is 8.49. The summed E-state index contributed by atoms with van der Waals surface area (Å²) < 4.78 is 17.2. The molecule has 0 atom stereocenters. The summed E-state index contributed by atoms with van der Waals surface area (Å²) in [6, 6.07) is 20.5. The van der Waals surface area contributed by atoms with Crippen LogP contribution in [0.1, 0.15) is 32.8 Å². The van der Waals surface area contributed by atoms with Crippen molar-refractivity contribution in [2.45, 2.75) is 39.2 Å². The van der Waals surface area contributed by atoms with Crippen LogP contribution in [0.3, 0.4) is 0 Å². The minimum absolute atomic E-state index is 0.197. The van der Waals surface area contributed by atoms with Crippen molar-refractivity contribution in [1.82, 2.24) is 4.98 Å². The fraction of sp³-hybridized carbons (Fsp3) is 0.231. The van der Waals surface area contributed by atoms with Crippen molar-refractivity contribution >= 4 is 28.7 Å². The number of carbonyl (C=O) groups excluding carboxylic acids is 1. The number of benzene rings is 3. The van der Waals surface area contributed by atoms with Crippen LogP contribution in [0.25, 0.3) is 22.6 Å². The van der Waals surface area contributed by atoms with Gasteiger partial charge in [0, 0.05) is 23.1 Å². The van der Waals surface area contributed by atoms with Crippen LogP contribution in [0.4, 0.5) is 0 Å². The van der Waals surface area contributed by atoms with Crippen molar-refractivity contribution in [1.29, 1.82) is 0 Å². The van der Waals surface area contributed by atoms with Gasteiger partial charge in [-0.3, -0.25) is 4.79 Å². The van der Waals surface area contributed by atoms with Gasteiger partial charge in [0.25, 0.3) is 0 Å². The SMILES string of the molecule is CC(C)(C)OC(=O)CCc1ccc(-c2nc3ccc(Oc4ccc(Cl)cc4)cc3o2)cc1. The quantitative estimate of drug-likeness (QED) is 0.291. The molecular weight excluding hydrogens is 426 g/mol. The van der Waals surface area contributed by atoms with Gasteiger partial charge < -0.3 is 13.9 Å². The van der Waals surface area contributed by atoms with Crippen molar-refractivity contribution in [3.63, 3.8) is 0 Å². The molecule has 0 aliphatic heterocycles. The number of hydrogen-bond acceptors (Lipinski definition) is 5. The summed E-state index contributed by atoms with van der Waals surface area (Å²) in [7, 11) is 0. The molecule has 0 bridgehead atoms. The lowest BCUT2D eigenvalue weighted by Gasteiger charge is -2.19. The second-order valence-corrected chi connectivity index (χ2v) is 8.92. The Kier molecular flexibility index (Phi) is 6.19. The van der Waals surface area contributed by atoms with Gasteiger partial charge in [-0.2, -0.15) is 0 Å². The Bertz CT molecular complexity index is 1220. The summed E-state index contributed by atoms with van der Waals surface area (Å²) in [5.74, 6) is 1.68. The van der Waals surface area contributed by atoms with E-state index in [0.29, 0.717) is 40.8 Å². The number of rotatable bonds is 6. The Labute approximate surface area is 191 Å². The topological polar surface area (TPSA) is 61.6 Å². The number of aryl methyl sites for hydroxylation is 1. The van der Waals surface area contributed by atoms with Crippen LogP contribution in [0.15, 0.2) is 71.1 Å². The summed E-state index contributed by atoms with van der Waals surface area (Å²) in [4.78, 5) is 16.5. The molecule has 0 N–H and O–H groups in total. The van der Waals surface area contributed by atoms with Gasteiger partial charge >= 0.3 is 5.97 Å². The fourth-order valence-electron chi connectivity index (χ4n) is 3.18. The zero-order valence-corrected chi connectivity index (χ0v) is 19.0. The summed E-state index contributed by atoms with van der Waals surface area (Å²) in [5.41, 5.74) is 2.84. The number of hydrogen-bond donors (Lipinski definition) is 0. The first kappa shape index (κ1) is 21.9. The minimum Gasteiger partial charge on any atom is -0.460 e. The highest BCUT2D eigenvalue weighted by Gasteiger charge is 2.16. The number of aromatic nitrogens is 1. The van der Waals surface area contributed by atoms with E-state index < -0.39 is 5.60 Å². The van der Waals surface area contributed by atoms with E-state index >= 15 is 0 Å². The molecule has 32 heavy (non-hydrogen) atoms. The van der Waals surface area contributed by atoms with E-state index in [1.807, 2.05) is 75.4 Å². The maximum Gasteiger partial charge on any atom is 0.306 e. The molecule has 0 unspecified atom stereocenters. The Morgan fingerprint density at radius 1 is 0.969 bits per heavy atom. The van der Waals surface area contributed by atoms with E-state index in [2.05, 4.69) is 4.98 Å². The molecule has 0 fully saturated rings. The standard InChI is InChI=1S/C26H24ClNO4/c1-26(2,3)32-24(29)15-6-17-4-7-18(8-5-17)25-28-22-14-13-21(16-23(22)31-25)30-20-11-9-19(27)10-12-20/h4-5,7-14,16H,6,15H2,1-3H3. The molecule has 3 aromatic carbocycles. The van der Waals surface area contributed by atoms with Crippen LogP contribution in [0, 0.1) is 0 Å². The maximum atomic E-state index is 11.9. The van der Waals surface area contributed by atoms with Gasteiger partial charge in [0.05, 0.1) is 0 Å². The van der Waals surface area contributed by atoms with Crippen molar-refractivity contribution in [3.05, 3.63) is 77.3 Å². The number of fused-ring (bicyclic) bond motifs is 1. The highest BCUT2D eigenvalue weighted by atomic mass is 35.5. The predicted octanol–water partition coefficient (Wildman–Crippen LogP) is 7.21. The molecule has 4 rings (SSSR count). The first-order valence-corrected chi connectivity index (χ1v) is 10.8. The third kappa shape index (κ3) is 5.68. The molecule has 0 aliphatic rings. The zero-order chi connectivity index (χ0) is 22.7. The molecule has 4 aromatic rings. The average molecular weight is 450 g/mol. The third-order valence-electron chi connectivity index (χ3n) is 4.65. The van der Waals surface area contributed by atoms with Gasteiger partial charge in [0.2, 0.25) is 5.89 Å². The normalized spacial score (nSPS) is 11.5. The van der Waals surface area contributed by atoms with Crippen molar-refractivity contribution in [2.75, 3.05) is 0 Å². The van der Waals surface area contributed by atoms with Gasteiger partial charge in [-0.25, -0.2) is 4.98 Å². The number of ether oxygens (including phenoxy) is 2. The molecule has 164 valence electrons. The van der Waals surface area contributed by atoms with Gasteiger partial charge in [0.15, 0.2) is 5.58 Å². The molecule has 5 nitrogen and oxygen atoms in total. The number of halogens is 1. The van der Waals surface area contributed by atoms with E-state index in [-0.39, 0.29) is 5.97 Å². The van der Waals surface area contributed by atoms with E-state index in [9.17, 15) is 4.79 Å². The number of esters is 1. The molecule has 0 spiro atoms. The van der Waals surface area contributed by atoms with Crippen molar-refractivity contribution < 1.29 is 18.7 Å². The van der Waals surface area contributed by atoms with Crippen LogP contribution in [0.5, 0.6) is 11.5 Å². The summed E-state index contributed by atoms with van der Waals surface area (Å²) >= 11 is 5.92. The van der Waals surface area contributed by atoms with Crippen LogP contribution in [-0.2, 0) is 16.0 Å². The highest BCUT2D eigenvalue weighted by molar-refractivity contribution is 6.30. The Morgan fingerprint density at radius 2 is 1.66 bits per heavy atom. The lowest BCUT2D eigenvalue weighted by Crippen LogP contribution is -2.23. The van der Waals surface area contributed by atoms with Gasteiger partial charge in [-0.15, -0.1) is 0 Å². The van der Waals surface area contributed by atoms with E-state index in [0.717, 1.165) is 16.6 Å². The zero-order valence-electron chi connectivity index (χ0n) is 18.2. The van der Waals surface area contributed by atoms with Crippen LogP contribution >= 0.6 is 11.6 Å². The van der Waals surface area contributed by atoms with Crippen LogP contribution in [-0.4, -0.2) is 16.6 Å². The Hall–Kier alpha value is -3.31. The molecule has 6 heteroatoms. The molecule has 1 aromatic heterocycles. The Morgan fingerprint density at radius 3 is 2.34 bits per heavy atom. The molecule has 0 amide bonds. The van der Waals surface area contributed by atoms with Gasteiger partial charge in [0.1, 0.15) is 22.6 Å². The number of oxazole rings is 1. The van der Waals surface area contributed by atoms with E-state index in [4.69, 9.17) is 25.5 Å². The minimum atomic E-state index is -0.465. The first-order chi connectivity index (χ1) is 15.2. The molecule has 1 heterocycles. The summed E-state index contributed by atoms with van der Waals surface area (Å²) in [6.07, 6.45) is 0.962. The largest absolute Gasteiger partial charge is 0.460 e. The van der Waals surface area contributed by atoms with E-state index in [1.54, 1.807) is 12.1 Å². The number of carbonyl (C=O) groups is 1. The maximum absolute atomic E-state index is 11.9. The molecular formula is C26H24ClNO4. The lowest BCUT2D eigenvalue weighted by molar-refractivity contribution is -0.154. The fourth-order valence-corrected chi connectivity index (χ4v) is 3.31. The Balaban J connectivity index is 1.44. The van der Waals surface area contributed by atoms with E-state index in [1.165, 1.54) is 0 Å². The van der Waals surface area contributed by atoms with Gasteiger partial charge in [-0.05, 0) is 81.3 Å². The highest BCUT2D eigenvalue weighted by Crippen LogP contribution is 2.30. The van der Waals surface area contributed by atoms with Crippen LogP contribution in [0.2, 0.25) is 5.02 Å². The lowest BCUT2D eigenvalue weighted by atomic mass is 10.1. The predicted molar refractivity (Wildman–Crippen MR) is 125 cm³/mol. The van der Waals surface area contributed by atoms with Crippen LogP contribution < -0.4 is 4.74 Å². The third-order valence-corrected chi connectivity index (χ3v) is 4.90. The summed E-state index contributed by atoms with van der Waals surface area (Å²) in [6.45, 7) is 5.60.